The number of nitrogens with one attached hydrogen (secondary N) is 1. The Hall–Kier alpha value is -1.52. The summed E-state index contributed by atoms with van der Waals surface area (Å²) in [6, 6.07) is 2.01. The molecule has 0 aromatic carbocycles. The fraction of sp³-hybridized carbons (Fsp3) is 0.500. The minimum atomic E-state index is -1.00. The lowest BCUT2D eigenvalue weighted by Gasteiger charge is -2.26. The van der Waals surface area contributed by atoms with E-state index in [9.17, 15) is 13.6 Å². The summed E-state index contributed by atoms with van der Waals surface area (Å²) in [7, 11) is 0. The normalized spacial score (nSPS) is 24.4. The molecular weight excluding hydrogens is 226 g/mol. The molecule has 2 unspecified atom stereocenters. The van der Waals surface area contributed by atoms with Crippen LogP contribution in [0.5, 0.6) is 0 Å². The molecule has 1 aliphatic rings. The second kappa shape index (κ2) is 5.21. The quantitative estimate of drug-likeness (QED) is 0.805. The standard InChI is InChI=1S/C12H14F2N2O/c13-9-3-1-2-4-10(9)16-12(17)8-5-6-15-11(14)7-8/h5-7,9-10H,1-4H2,(H,16,17). The fourth-order valence-electron chi connectivity index (χ4n) is 2.04. The van der Waals surface area contributed by atoms with Crippen molar-refractivity contribution in [2.75, 3.05) is 0 Å². The highest BCUT2D eigenvalue weighted by Gasteiger charge is 2.26. The highest BCUT2D eigenvalue weighted by atomic mass is 19.1. The minimum absolute atomic E-state index is 0.176. The molecule has 1 aliphatic carbocycles. The maximum absolute atomic E-state index is 13.5. The third kappa shape index (κ3) is 2.99. The molecule has 0 aliphatic heterocycles. The molecule has 2 rings (SSSR count). The van der Waals surface area contributed by atoms with Gasteiger partial charge in [0, 0.05) is 17.8 Å². The smallest absolute Gasteiger partial charge is 0.251 e. The molecule has 1 heterocycles. The van der Waals surface area contributed by atoms with Crippen LogP contribution < -0.4 is 5.32 Å². The lowest BCUT2D eigenvalue weighted by atomic mass is 9.93. The number of alkyl halides is 1. The highest BCUT2D eigenvalue weighted by molar-refractivity contribution is 5.94. The van der Waals surface area contributed by atoms with Crippen molar-refractivity contribution in [1.82, 2.24) is 10.3 Å². The van der Waals surface area contributed by atoms with Crippen molar-refractivity contribution in [1.29, 1.82) is 0 Å². The van der Waals surface area contributed by atoms with Gasteiger partial charge in [0.2, 0.25) is 5.95 Å². The van der Waals surface area contributed by atoms with Gasteiger partial charge in [0.1, 0.15) is 6.17 Å². The van der Waals surface area contributed by atoms with E-state index in [0.29, 0.717) is 12.8 Å². The second-order valence-electron chi connectivity index (χ2n) is 4.25. The van der Waals surface area contributed by atoms with Crippen molar-refractivity contribution in [3.8, 4) is 0 Å². The molecule has 3 nitrogen and oxygen atoms in total. The van der Waals surface area contributed by atoms with Crippen LogP contribution in [0.15, 0.2) is 18.3 Å². The maximum Gasteiger partial charge on any atom is 0.251 e. The zero-order valence-electron chi connectivity index (χ0n) is 9.33. The van der Waals surface area contributed by atoms with Crippen LogP contribution in [0.4, 0.5) is 8.78 Å². The van der Waals surface area contributed by atoms with E-state index in [1.165, 1.54) is 12.3 Å². The van der Waals surface area contributed by atoms with E-state index in [2.05, 4.69) is 10.3 Å². The van der Waals surface area contributed by atoms with Crippen molar-refractivity contribution < 1.29 is 13.6 Å². The second-order valence-corrected chi connectivity index (χ2v) is 4.25. The van der Waals surface area contributed by atoms with E-state index in [1.807, 2.05) is 0 Å². The van der Waals surface area contributed by atoms with E-state index >= 15 is 0 Å². The summed E-state index contributed by atoms with van der Waals surface area (Å²) in [5.74, 6) is -1.15. The molecule has 1 fully saturated rings. The largest absolute Gasteiger partial charge is 0.346 e. The Balaban J connectivity index is 2.01. The van der Waals surface area contributed by atoms with Crippen molar-refractivity contribution in [2.24, 2.45) is 0 Å². The molecule has 92 valence electrons. The summed E-state index contributed by atoms with van der Waals surface area (Å²) in [5.41, 5.74) is 0.176. The first kappa shape index (κ1) is 12.0. The van der Waals surface area contributed by atoms with E-state index < -0.39 is 24.1 Å². The number of rotatable bonds is 2. The molecule has 1 saturated carbocycles. The minimum Gasteiger partial charge on any atom is -0.346 e. The first-order chi connectivity index (χ1) is 8.16. The summed E-state index contributed by atoms with van der Waals surface area (Å²) in [4.78, 5) is 15.1. The van der Waals surface area contributed by atoms with Gasteiger partial charge in [-0.3, -0.25) is 4.79 Å². The number of hydrogen-bond donors (Lipinski definition) is 1. The average Bonchev–Trinajstić information content (AvgIpc) is 2.32. The molecule has 0 saturated heterocycles. The molecule has 2 atom stereocenters. The highest BCUT2D eigenvalue weighted by Crippen LogP contribution is 2.21. The molecule has 5 heteroatoms. The number of carbonyl (C=O) groups is 1. The fourth-order valence-corrected chi connectivity index (χ4v) is 2.04. The Morgan fingerprint density at radius 1 is 1.41 bits per heavy atom. The number of amides is 1. The molecule has 1 N–H and O–H groups in total. The number of carbonyl (C=O) groups excluding carboxylic acids is 1. The summed E-state index contributed by atoms with van der Waals surface area (Å²) < 4.78 is 26.3. The monoisotopic (exact) mass is 240 g/mol. The Labute approximate surface area is 98.2 Å². The van der Waals surface area contributed by atoms with E-state index in [4.69, 9.17) is 0 Å². The van der Waals surface area contributed by atoms with Crippen LogP contribution >= 0.6 is 0 Å². The van der Waals surface area contributed by atoms with E-state index in [-0.39, 0.29) is 5.56 Å². The Kier molecular flexibility index (Phi) is 3.66. The van der Waals surface area contributed by atoms with Crippen molar-refractivity contribution in [2.45, 2.75) is 37.9 Å². The summed E-state index contributed by atoms with van der Waals surface area (Å²) >= 11 is 0. The van der Waals surface area contributed by atoms with E-state index in [0.717, 1.165) is 18.9 Å². The maximum atomic E-state index is 13.5. The van der Waals surface area contributed by atoms with Crippen molar-refractivity contribution >= 4 is 5.91 Å². The van der Waals surface area contributed by atoms with Gasteiger partial charge in [0.15, 0.2) is 0 Å². The summed E-state index contributed by atoms with van der Waals surface area (Å²) in [6.45, 7) is 0. The third-order valence-corrected chi connectivity index (χ3v) is 2.99. The SMILES string of the molecule is O=C(NC1CCCCC1F)c1ccnc(F)c1. The number of pyridine rings is 1. The molecule has 0 radical (unpaired) electrons. The van der Waals surface area contributed by atoms with Crippen LogP contribution in [0.25, 0.3) is 0 Å². The number of nitrogens with zero attached hydrogens (tertiary/aromatic N) is 1. The third-order valence-electron chi connectivity index (χ3n) is 2.99. The summed E-state index contributed by atoms with van der Waals surface area (Å²) in [6.07, 6.45) is 3.11. The lowest BCUT2D eigenvalue weighted by Crippen LogP contribution is -2.43. The Bertz CT molecular complexity index is 411. The van der Waals surface area contributed by atoms with Gasteiger partial charge in [-0.1, -0.05) is 12.8 Å². The first-order valence-electron chi connectivity index (χ1n) is 5.73. The molecule has 0 bridgehead atoms. The lowest BCUT2D eigenvalue weighted by molar-refractivity contribution is 0.0883. The predicted octanol–water partition coefficient (Wildman–Crippen LogP) is 2.23. The molecule has 0 spiro atoms. The van der Waals surface area contributed by atoms with Crippen LogP contribution in [0.3, 0.4) is 0 Å². The van der Waals surface area contributed by atoms with Gasteiger partial charge >= 0.3 is 0 Å². The number of aromatic nitrogens is 1. The molecular formula is C12H14F2N2O. The zero-order chi connectivity index (χ0) is 12.3. The number of halogens is 2. The van der Waals surface area contributed by atoms with Crippen molar-refractivity contribution in [3.63, 3.8) is 0 Å². The van der Waals surface area contributed by atoms with Crippen LogP contribution in [0, 0.1) is 5.95 Å². The van der Waals surface area contributed by atoms with Crippen LogP contribution in [-0.4, -0.2) is 23.1 Å². The van der Waals surface area contributed by atoms with Gasteiger partial charge < -0.3 is 5.32 Å². The topological polar surface area (TPSA) is 42.0 Å². The molecule has 17 heavy (non-hydrogen) atoms. The van der Waals surface area contributed by atoms with Gasteiger partial charge in [0.25, 0.3) is 5.91 Å². The molecule has 1 amide bonds. The van der Waals surface area contributed by atoms with Gasteiger partial charge in [-0.25, -0.2) is 9.37 Å². The van der Waals surface area contributed by atoms with Gasteiger partial charge in [-0.05, 0) is 18.9 Å². The Morgan fingerprint density at radius 3 is 2.88 bits per heavy atom. The van der Waals surface area contributed by atoms with Crippen LogP contribution in [0.1, 0.15) is 36.0 Å². The molecule has 1 aromatic rings. The Morgan fingerprint density at radius 2 is 2.18 bits per heavy atom. The van der Waals surface area contributed by atoms with Gasteiger partial charge in [-0.2, -0.15) is 4.39 Å². The van der Waals surface area contributed by atoms with Gasteiger partial charge in [0.05, 0.1) is 6.04 Å². The van der Waals surface area contributed by atoms with Crippen LogP contribution in [0.2, 0.25) is 0 Å². The van der Waals surface area contributed by atoms with Crippen molar-refractivity contribution in [3.05, 3.63) is 29.8 Å². The average molecular weight is 240 g/mol. The number of hydrogen-bond acceptors (Lipinski definition) is 2. The molecule has 1 aromatic heterocycles. The first-order valence-corrected chi connectivity index (χ1v) is 5.73. The summed E-state index contributed by atoms with van der Waals surface area (Å²) in [5, 5.41) is 2.60. The van der Waals surface area contributed by atoms with Gasteiger partial charge in [-0.15, -0.1) is 0 Å². The van der Waals surface area contributed by atoms with E-state index in [1.54, 1.807) is 0 Å². The predicted molar refractivity (Wildman–Crippen MR) is 58.8 cm³/mol. The zero-order valence-corrected chi connectivity index (χ0v) is 9.33. The van der Waals surface area contributed by atoms with Crippen LogP contribution in [-0.2, 0) is 0 Å².